The van der Waals surface area contributed by atoms with E-state index in [1.54, 1.807) is 16.0 Å². The fourth-order valence-corrected chi connectivity index (χ4v) is 5.23. The van der Waals surface area contributed by atoms with E-state index in [0.29, 0.717) is 5.56 Å². The lowest BCUT2D eigenvalue weighted by Gasteiger charge is -2.21. The number of aromatic amines is 1. The van der Waals surface area contributed by atoms with E-state index in [1.165, 1.54) is 11.2 Å². The normalized spacial score (nSPS) is 14.4. The van der Waals surface area contributed by atoms with Gasteiger partial charge in [-0.25, -0.2) is 4.98 Å². The fraction of sp³-hybridized carbons (Fsp3) is 0.350. The van der Waals surface area contributed by atoms with E-state index in [9.17, 15) is 4.79 Å². The molecule has 1 atom stereocenters. The Bertz CT molecular complexity index is 1140. The molecular formula is C20H21N7OS. The highest BCUT2D eigenvalue weighted by Crippen LogP contribution is 2.37. The summed E-state index contributed by atoms with van der Waals surface area (Å²) in [5, 5.41) is 15.5. The van der Waals surface area contributed by atoms with E-state index >= 15 is 0 Å². The Balaban J connectivity index is 1.52. The third kappa shape index (κ3) is 3.11. The summed E-state index contributed by atoms with van der Waals surface area (Å²) in [6.07, 6.45) is 4.53. The Hall–Kier alpha value is -3.07. The van der Waals surface area contributed by atoms with Gasteiger partial charge < -0.3 is 10.3 Å². The number of tetrazole rings is 1. The Morgan fingerprint density at radius 2 is 2.14 bits per heavy atom. The van der Waals surface area contributed by atoms with E-state index in [1.807, 2.05) is 24.3 Å². The second-order valence-electron chi connectivity index (χ2n) is 7.63. The number of thiophene rings is 1. The van der Waals surface area contributed by atoms with Gasteiger partial charge in [0.25, 0.3) is 5.91 Å². The van der Waals surface area contributed by atoms with Crippen LogP contribution in [0.15, 0.2) is 30.6 Å². The minimum Gasteiger partial charge on any atom is -0.342 e. The van der Waals surface area contributed by atoms with Gasteiger partial charge in [-0.3, -0.25) is 4.79 Å². The molecule has 2 N–H and O–H groups in total. The van der Waals surface area contributed by atoms with Gasteiger partial charge in [-0.2, -0.15) is 4.68 Å². The Morgan fingerprint density at radius 3 is 2.90 bits per heavy atom. The van der Waals surface area contributed by atoms with Crippen LogP contribution < -0.4 is 5.32 Å². The van der Waals surface area contributed by atoms with E-state index in [2.05, 4.69) is 39.7 Å². The molecule has 0 saturated carbocycles. The number of aromatic nitrogens is 6. The van der Waals surface area contributed by atoms with Gasteiger partial charge in [0.15, 0.2) is 0 Å². The van der Waals surface area contributed by atoms with Crippen LogP contribution in [0.3, 0.4) is 0 Å². The van der Waals surface area contributed by atoms with Crippen LogP contribution in [0.25, 0.3) is 16.0 Å². The molecule has 0 unspecified atom stereocenters. The summed E-state index contributed by atoms with van der Waals surface area (Å²) in [5.74, 6) is 0.835. The Morgan fingerprint density at radius 1 is 1.28 bits per heavy atom. The Kier molecular flexibility index (Phi) is 4.39. The van der Waals surface area contributed by atoms with Crippen LogP contribution in [-0.4, -0.2) is 36.1 Å². The molecule has 29 heavy (non-hydrogen) atoms. The largest absolute Gasteiger partial charge is 0.342 e. The summed E-state index contributed by atoms with van der Waals surface area (Å²) in [6.45, 7) is 4.16. The first-order valence-electron chi connectivity index (χ1n) is 9.75. The van der Waals surface area contributed by atoms with Crippen molar-refractivity contribution in [3.63, 3.8) is 0 Å². The van der Waals surface area contributed by atoms with E-state index < -0.39 is 0 Å². The molecule has 3 aromatic heterocycles. The number of imidazole rings is 1. The van der Waals surface area contributed by atoms with E-state index in [0.717, 1.165) is 46.7 Å². The molecule has 148 valence electrons. The van der Waals surface area contributed by atoms with Gasteiger partial charge in [0.05, 0.1) is 22.6 Å². The molecule has 9 heteroatoms. The molecule has 1 aliphatic carbocycles. The van der Waals surface area contributed by atoms with Gasteiger partial charge in [0.1, 0.15) is 17.2 Å². The van der Waals surface area contributed by atoms with Crippen molar-refractivity contribution in [2.75, 3.05) is 0 Å². The standard InChI is InChI=1S/C20H21N7OS/c1-11(2)17(18-22-13-7-3-4-8-14(13)23-18)24-19(28)16-12-6-5-9-15(12)29-20(16)27-10-21-25-26-27/h3-4,7-8,10-11,17H,5-6,9H2,1-2H3,(H,22,23)(H,24,28)/t17-/m0/s1. The summed E-state index contributed by atoms with van der Waals surface area (Å²) < 4.78 is 1.59. The van der Waals surface area contributed by atoms with Crippen LogP contribution in [0.4, 0.5) is 0 Å². The third-order valence-corrected chi connectivity index (χ3v) is 6.62. The van der Waals surface area contributed by atoms with Crippen LogP contribution in [0.1, 0.15) is 52.9 Å². The summed E-state index contributed by atoms with van der Waals surface area (Å²) in [4.78, 5) is 22.8. The zero-order valence-electron chi connectivity index (χ0n) is 16.2. The number of hydrogen-bond donors (Lipinski definition) is 2. The number of carbonyl (C=O) groups excluding carboxylic acids is 1. The number of carbonyl (C=O) groups is 1. The number of rotatable bonds is 5. The minimum absolute atomic E-state index is 0.103. The van der Waals surface area contributed by atoms with Crippen LogP contribution in [0, 0.1) is 5.92 Å². The average Bonchev–Trinajstić information content (AvgIpc) is 3.48. The van der Waals surface area contributed by atoms with Crippen LogP contribution in [0.5, 0.6) is 0 Å². The summed E-state index contributed by atoms with van der Waals surface area (Å²) in [7, 11) is 0. The quantitative estimate of drug-likeness (QED) is 0.529. The molecule has 0 fully saturated rings. The van der Waals surface area contributed by atoms with Crippen molar-refractivity contribution in [2.24, 2.45) is 5.92 Å². The van der Waals surface area contributed by atoms with E-state index in [-0.39, 0.29) is 17.9 Å². The second kappa shape index (κ2) is 7.07. The number of nitrogens with one attached hydrogen (secondary N) is 2. The van der Waals surface area contributed by atoms with Crippen LogP contribution >= 0.6 is 11.3 Å². The van der Waals surface area contributed by atoms with Crippen molar-refractivity contribution in [3.05, 3.63) is 52.4 Å². The minimum atomic E-state index is -0.228. The molecule has 3 heterocycles. The molecule has 5 rings (SSSR count). The molecule has 1 aromatic carbocycles. The van der Waals surface area contributed by atoms with Crippen molar-refractivity contribution in [3.8, 4) is 5.00 Å². The molecule has 1 aliphatic rings. The predicted molar refractivity (Wildman–Crippen MR) is 110 cm³/mol. The monoisotopic (exact) mass is 407 g/mol. The highest BCUT2D eigenvalue weighted by molar-refractivity contribution is 7.15. The average molecular weight is 408 g/mol. The van der Waals surface area contributed by atoms with Gasteiger partial charge >= 0.3 is 0 Å². The number of hydrogen-bond acceptors (Lipinski definition) is 6. The summed E-state index contributed by atoms with van der Waals surface area (Å²) in [5.41, 5.74) is 3.68. The molecule has 0 saturated heterocycles. The summed E-state index contributed by atoms with van der Waals surface area (Å²) in [6, 6.07) is 7.67. The number of fused-ring (bicyclic) bond motifs is 2. The number of benzene rings is 1. The summed E-state index contributed by atoms with van der Waals surface area (Å²) >= 11 is 1.61. The lowest BCUT2D eigenvalue weighted by Crippen LogP contribution is -2.33. The maximum Gasteiger partial charge on any atom is 0.255 e. The van der Waals surface area contributed by atoms with Crippen molar-refractivity contribution < 1.29 is 4.79 Å². The Labute approximate surface area is 171 Å². The lowest BCUT2D eigenvalue weighted by molar-refractivity contribution is 0.0923. The maximum atomic E-state index is 13.5. The van der Waals surface area contributed by atoms with Crippen molar-refractivity contribution in [2.45, 2.75) is 39.2 Å². The molecule has 0 aliphatic heterocycles. The zero-order valence-corrected chi connectivity index (χ0v) is 17.0. The number of nitrogens with zero attached hydrogens (tertiary/aromatic N) is 5. The number of amides is 1. The third-order valence-electron chi connectivity index (χ3n) is 5.34. The number of aryl methyl sites for hydroxylation is 1. The van der Waals surface area contributed by atoms with Gasteiger partial charge in [-0.05, 0) is 53.3 Å². The second-order valence-corrected chi connectivity index (χ2v) is 8.71. The molecular weight excluding hydrogens is 386 g/mol. The van der Waals surface area contributed by atoms with Crippen molar-refractivity contribution >= 4 is 28.3 Å². The van der Waals surface area contributed by atoms with Gasteiger partial charge in [-0.15, -0.1) is 16.4 Å². The van der Waals surface area contributed by atoms with E-state index in [4.69, 9.17) is 4.98 Å². The predicted octanol–water partition coefficient (Wildman–Crippen LogP) is 3.22. The van der Waals surface area contributed by atoms with Gasteiger partial charge in [0.2, 0.25) is 0 Å². The molecule has 0 spiro atoms. The molecule has 1 amide bonds. The zero-order chi connectivity index (χ0) is 20.0. The first-order valence-corrected chi connectivity index (χ1v) is 10.6. The fourth-order valence-electron chi connectivity index (χ4n) is 3.92. The van der Waals surface area contributed by atoms with Crippen LogP contribution in [0.2, 0.25) is 0 Å². The first kappa shape index (κ1) is 18.0. The molecule has 8 nitrogen and oxygen atoms in total. The maximum absolute atomic E-state index is 13.5. The smallest absolute Gasteiger partial charge is 0.255 e. The van der Waals surface area contributed by atoms with Crippen molar-refractivity contribution in [1.82, 2.24) is 35.5 Å². The van der Waals surface area contributed by atoms with Gasteiger partial charge in [0, 0.05) is 4.88 Å². The molecule has 0 radical (unpaired) electrons. The SMILES string of the molecule is CC(C)[C@H](NC(=O)c1c(-n2cnnn2)sc2c1CCC2)c1nc2ccccc2[nH]1. The number of para-hydroxylation sites is 2. The van der Waals surface area contributed by atoms with Gasteiger partial charge in [-0.1, -0.05) is 26.0 Å². The topological polar surface area (TPSA) is 101 Å². The molecule has 4 aromatic rings. The lowest BCUT2D eigenvalue weighted by atomic mass is 10.0. The van der Waals surface area contributed by atoms with Crippen molar-refractivity contribution in [1.29, 1.82) is 0 Å². The highest BCUT2D eigenvalue weighted by Gasteiger charge is 2.30. The molecule has 0 bridgehead atoms. The van der Waals surface area contributed by atoms with Crippen LogP contribution in [-0.2, 0) is 12.8 Å². The number of H-pyrrole nitrogens is 1. The highest BCUT2D eigenvalue weighted by atomic mass is 32.1. The first-order chi connectivity index (χ1) is 14.1.